The first-order valence-electron chi connectivity index (χ1n) is 12.2. The van der Waals surface area contributed by atoms with Crippen molar-refractivity contribution in [1.82, 2.24) is 5.32 Å². The molecule has 2 N–H and O–H groups in total. The zero-order valence-corrected chi connectivity index (χ0v) is 21.5. The molecule has 0 atom stereocenters. The van der Waals surface area contributed by atoms with Gasteiger partial charge in [-0.3, -0.25) is 4.79 Å². The third-order valence-electron chi connectivity index (χ3n) is 6.22. The largest absolute Gasteiger partial charge is 0.493 e. The predicted molar refractivity (Wildman–Crippen MR) is 145 cm³/mol. The van der Waals surface area contributed by atoms with E-state index < -0.39 is 0 Å². The summed E-state index contributed by atoms with van der Waals surface area (Å²) in [4.78, 5) is 15.2. The topological polar surface area (TPSA) is 59.6 Å². The van der Waals surface area contributed by atoms with Crippen molar-refractivity contribution in [2.75, 3.05) is 32.2 Å². The van der Waals surface area contributed by atoms with E-state index in [1.165, 1.54) is 28.2 Å². The molecule has 6 heteroatoms. The van der Waals surface area contributed by atoms with E-state index >= 15 is 0 Å². The van der Waals surface area contributed by atoms with Crippen molar-refractivity contribution in [2.24, 2.45) is 0 Å². The van der Waals surface area contributed by atoms with E-state index in [4.69, 9.17) is 9.47 Å². The van der Waals surface area contributed by atoms with Crippen LogP contribution in [0.4, 0.5) is 5.69 Å². The number of ether oxygens (including phenoxy) is 2. The molecular formula is C29H34N2O3S. The Morgan fingerprint density at radius 1 is 0.971 bits per heavy atom. The number of benzene rings is 2. The Morgan fingerprint density at radius 3 is 2.40 bits per heavy atom. The number of carbonyl (C=O) groups is 1. The van der Waals surface area contributed by atoms with Crippen molar-refractivity contribution in [3.05, 3.63) is 76.2 Å². The number of hydrogen-bond donors (Lipinski definition) is 2. The summed E-state index contributed by atoms with van der Waals surface area (Å²) in [6.45, 7) is 6.50. The summed E-state index contributed by atoms with van der Waals surface area (Å²) in [5, 5.41) is 6.21. The van der Waals surface area contributed by atoms with Gasteiger partial charge < -0.3 is 20.1 Å². The smallest absolute Gasteiger partial charge is 0.251 e. The van der Waals surface area contributed by atoms with Gasteiger partial charge in [0.05, 0.1) is 6.61 Å². The molecule has 2 aliphatic heterocycles. The number of nitrogens with one attached hydrogen (secondary N) is 2. The lowest BCUT2D eigenvalue weighted by molar-refractivity contribution is -0.113. The van der Waals surface area contributed by atoms with Crippen LogP contribution < -0.4 is 15.4 Å². The molecule has 2 aromatic carbocycles. The number of fused-ring (bicyclic) bond motifs is 1. The van der Waals surface area contributed by atoms with Crippen molar-refractivity contribution in [3.8, 4) is 16.2 Å². The second kappa shape index (κ2) is 12.2. The minimum absolute atomic E-state index is 0.0762. The van der Waals surface area contributed by atoms with Gasteiger partial charge in [-0.25, -0.2) is 0 Å². The molecule has 1 saturated heterocycles. The number of hydrogen-bond acceptors (Lipinski definition) is 5. The van der Waals surface area contributed by atoms with Crippen LogP contribution in [0, 0.1) is 13.8 Å². The minimum atomic E-state index is -0.0762. The molecule has 0 spiro atoms. The summed E-state index contributed by atoms with van der Waals surface area (Å²) in [5.74, 6) is 0.748. The normalized spacial score (nSPS) is 15.6. The summed E-state index contributed by atoms with van der Waals surface area (Å²) in [6.07, 6.45) is 4.89. The second-order valence-electron chi connectivity index (χ2n) is 8.93. The first kappa shape index (κ1) is 25.2. The lowest BCUT2D eigenvalue weighted by atomic mass is 10.0. The molecule has 35 heavy (non-hydrogen) atoms. The van der Waals surface area contributed by atoms with Gasteiger partial charge in [0.2, 0.25) is 0 Å². The van der Waals surface area contributed by atoms with Crippen LogP contribution in [0.1, 0.15) is 35.3 Å². The van der Waals surface area contributed by atoms with Gasteiger partial charge in [-0.2, -0.15) is 0 Å². The number of amides is 1. The van der Waals surface area contributed by atoms with Gasteiger partial charge in [-0.05, 0) is 87.8 Å². The van der Waals surface area contributed by atoms with Crippen LogP contribution in [-0.2, 0) is 9.53 Å². The first-order chi connectivity index (χ1) is 17.0. The van der Waals surface area contributed by atoms with Crippen LogP contribution in [0.3, 0.4) is 0 Å². The fraction of sp³-hybridized carbons (Fsp3) is 0.345. The molecule has 1 aromatic heterocycles. The Hall–Kier alpha value is -2.93. The molecule has 5 rings (SSSR count). The zero-order chi connectivity index (χ0) is 24.6. The van der Waals surface area contributed by atoms with Crippen molar-refractivity contribution in [1.29, 1.82) is 0 Å². The number of anilines is 1. The Labute approximate surface area is 212 Å². The molecule has 5 nitrogen and oxygen atoms in total. The van der Waals surface area contributed by atoms with E-state index in [0.29, 0.717) is 19.1 Å². The first-order valence-corrected chi connectivity index (χ1v) is 13.0. The monoisotopic (exact) mass is 490 g/mol. The fourth-order valence-electron chi connectivity index (χ4n) is 4.08. The van der Waals surface area contributed by atoms with Gasteiger partial charge in [-0.15, -0.1) is 11.3 Å². The van der Waals surface area contributed by atoms with E-state index in [-0.39, 0.29) is 5.91 Å². The van der Waals surface area contributed by atoms with Crippen LogP contribution in [0.25, 0.3) is 16.5 Å². The van der Waals surface area contributed by atoms with Crippen LogP contribution in [0.2, 0.25) is 0 Å². The number of aryl methyl sites for hydroxylation is 2. The number of carbonyl (C=O) groups excluding carboxylic acids is 1. The Balaban J connectivity index is 0.000000308. The molecule has 0 radical (unpaired) electrons. The van der Waals surface area contributed by atoms with Crippen LogP contribution >= 0.6 is 11.3 Å². The quantitative estimate of drug-likeness (QED) is 0.456. The molecule has 1 amide bonds. The maximum Gasteiger partial charge on any atom is 0.251 e. The lowest BCUT2D eigenvalue weighted by Crippen LogP contribution is -2.31. The predicted octanol–water partition coefficient (Wildman–Crippen LogP) is 6.22. The maximum atomic E-state index is 12.7. The minimum Gasteiger partial charge on any atom is -0.493 e. The standard InChI is InChI=1S/C23H21NO2S.C6H13NO/c1-15-3-7-20(8-4-15)24-23(25)18-11-12-26-21-9-6-17(13-19(21)14-18)22-10-5-16(2)27-22;1-7-6-2-4-8-5-3-6/h3-10,13-14H,11-12H2,1-2H3,(H,24,25);6-7H,2-5H2,1H3. The summed E-state index contributed by atoms with van der Waals surface area (Å²) >= 11 is 1.77. The molecule has 3 aromatic rings. The van der Waals surface area contributed by atoms with E-state index in [9.17, 15) is 4.79 Å². The van der Waals surface area contributed by atoms with E-state index in [1.807, 2.05) is 50.4 Å². The molecule has 184 valence electrons. The summed E-state index contributed by atoms with van der Waals surface area (Å²) < 4.78 is 11.0. The highest BCUT2D eigenvalue weighted by molar-refractivity contribution is 7.15. The maximum absolute atomic E-state index is 12.7. The number of thiophene rings is 1. The van der Waals surface area contributed by atoms with Gasteiger partial charge >= 0.3 is 0 Å². The number of rotatable bonds is 4. The SMILES string of the molecule is CNC1CCOCC1.Cc1ccc(NC(=O)C2=Cc3cc(-c4ccc(C)s4)ccc3OCC2)cc1. The molecule has 2 aliphatic rings. The average Bonchev–Trinajstić information content (AvgIpc) is 3.20. The third-order valence-corrected chi connectivity index (χ3v) is 7.27. The molecule has 3 heterocycles. The summed E-state index contributed by atoms with van der Waals surface area (Å²) in [6, 6.07) is 19.0. The Morgan fingerprint density at radius 2 is 1.74 bits per heavy atom. The zero-order valence-electron chi connectivity index (χ0n) is 20.7. The Kier molecular flexibility index (Phi) is 8.74. The fourth-order valence-corrected chi connectivity index (χ4v) is 4.94. The highest BCUT2D eigenvalue weighted by Gasteiger charge is 2.16. The van der Waals surface area contributed by atoms with Gasteiger partial charge in [0.1, 0.15) is 5.75 Å². The molecule has 0 aliphatic carbocycles. The van der Waals surface area contributed by atoms with Gasteiger partial charge in [0.25, 0.3) is 5.91 Å². The van der Waals surface area contributed by atoms with Crippen molar-refractivity contribution in [3.63, 3.8) is 0 Å². The second-order valence-corrected chi connectivity index (χ2v) is 10.2. The van der Waals surface area contributed by atoms with Crippen LogP contribution in [0.15, 0.2) is 60.2 Å². The van der Waals surface area contributed by atoms with E-state index in [2.05, 4.69) is 41.8 Å². The molecule has 0 bridgehead atoms. The van der Waals surface area contributed by atoms with E-state index in [0.717, 1.165) is 41.4 Å². The van der Waals surface area contributed by atoms with Crippen molar-refractivity contribution < 1.29 is 14.3 Å². The van der Waals surface area contributed by atoms with E-state index in [1.54, 1.807) is 11.3 Å². The highest BCUT2D eigenvalue weighted by Crippen LogP contribution is 2.34. The van der Waals surface area contributed by atoms with Crippen LogP contribution in [-0.4, -0.2) is 38.8 Å². The molecule has 0 unspecified atom stereocenters. The third kappa shape index (κ3) is 7.04. The highest BCUT2D eigenvalue weighted by atomic mass is 32.1. The van der Waals surface area contributed by atoms with Gasteiger partial charge in [-0.1, -0.05) is 17.7 Å². The van der Waals surface area contributed by atoms with Gasteiger partial charge in [0.15, 0.2) is 0 Å². The van der Waals surface area contributed by atoms with Crippen LogP contribution in [0.5, 0.6) is 5.75 Å². The molecular weight excluding hydrogens is 456 g/mol. The van der Waals surface area contributed by atoms with Crippen molar-refractivity contribution in [2.45, 2.75) is 39.2 Å². The lowest BCUT2D eigenvalue weighted by Gasteiger charge is -2.20. The summed E-state index contributed by atoms with van der Waals surface area (Å²) in [7, 11) is 2.01. The molecule has 0 saturated carbocycles. The Bertz CT molecular complexity index is 1160. The van der Waals surface area contributed by atoms with Gasteiger partial charge in [0, 0.05) is 52.3 Å². The van der Waals surface area contributed by atoms with Crippen molar-refractivity contribution >= 4 is 29.0 Å². The summed E-state index contributed by atoms with van der Waals surface area (Å²) in [5.41, 5.74) is 4.80. The molecule has 1 fully saturated rings. The average molecular weight is 491 g/mol.